The summed E-state index contributed by atoms with van der Waals surface area (Å²) in [6.07, 6.45) is 1.67. The molecule has 158 valence electrons. The van der Waals surface area contributed by atoms with Crippen LogP contribution in [-0.4, -0.2) is 41.7 Å². The van der Waals surface area contributed by atoms with Crippen LogP contribution < -0.4 is 4.74 Å². The lowest BCUT2D eigenvalue weighted by Crippen LogP contribution is -2.53. The number of nitrogens with zero attached hydrogens (tertiary/aromatic N) is 3. The molecular weight excluding hydrogens is 408 g/mol. The van der Waals surface area contributed by atoms with Gasteiger partial charge in [-0.2, -0.15) is 10.1 Å². The Kier molecular flexibility index (Phi) is 5.44. The summed E-state index contributed by atoms with van der Waals surface area (Å²) in [5, 5.41) is 6.26. The van der Waals surface area contributed by atoms with Crippen LogP contribution in [0.1, 0.15) is 30.9 Å². The van der Waals surface area contributed by atoms with Crippen LogP contribution >= 0.6 is 11.8 Å². The number of thioether (sulfide) groups is 1. The van der Waals surface area contributed by atoms with E-state index < -0.39 is 16.5 Å². The third-order valence-electron chi connectivity index (χ3n) is 5.38. The van der Waals surface area contributed by atoms with Gasteiger partial charge in [-0.25, -0.2) is 13.6 Å². The molecule has 0 saturated carbocycles. The lowest BCUT2D eigenvalue weighted by molar-refractivity contribution is 0.0662. The van der Waals surface area contributed by atoms with Gasteiger partial charge in [0.25, 0.3) is 0 Å². The molecule has 1 spiro atoms. The molecule has 2 aromatic carbocycles. The molecule has 0 bridgehead atoms. The molecule has 2 aliphatic heterocycles. The first-order valence-corrected chi connectivity index (χ1v) is 10.7. The van der Waals surface area contributed by atoms with Crippen LogP contribution in [0.15, 0.2) is 47.6 Å². The summed E-state index contributed by atoms with van der Waals surface area (Å²) in [4.78, 5) is 13.8. The van der Waals surface area contributed by atoms with E-state index in [1.165, 1.54) is 21.7 Å². The number of amides is 2. The summed E-state index contributed by atoms with van der Waals surface area (Å²) in [7, 11) is 3.30. The molecule has 0 radical (unpaired) electrons. The van der Waals surface area contributed by atoms with Gasteiger partial charge in [0, 0.05) is 31.1 Å². The fourth-order valence-electron chi connectivity index (χ4n) is 3.99. The maximum Gasteiger partial charge on any atom is 0.341 e. The molecule has 2 atom stereocenters. The lowest BCUT2D eigenvalue weighted by atomic mass is 9.86. The van der Waals surface area contributed by atoms with E-state index in [4.69, 9.17) is 4.74 Å². The highest BCUT2D eigenvalue weighted by atomic mass is 32.2. The molecule has 0 aromatic heterocycles. The fourth-order valence-corrected chi connectivity index (χ4v) is 5.51. The highest BCUT2D eigenvalue weighted by Crippen LogP contribution is 2.57. The smallest absolute Gasteiger partial charge is 0.341 e. The Labute approximate surface area is 178 Å². The Hall–Kier alpha value is -2.61. The zero-order valence-corrected chi connectivity index (χ0v) is 17.9. The number of halogens is 2. The van der Waals surface area contributed by atoms with Gasteiger partial charge < -0.3 is 9.64 Å². The SMILES string of the molecule is CCC[C@H]1COc2ccccc2[C@]12SC(c1cc(F)ccc1F)=NN2C(=O)N(C)C. The normalized spacial score (nSPS) is 22.5. The van der Waals surface area contributed by atoms with Gasteiger partial charge in [-0.05, 0) is 30.7 Å². The minimum absolute atomic E-state index is 0.0488. The van der Waals surface area contributed by atoms with Crippen LogP contribution in [0.3, 0.4) is 0 Å². The Morgan fingerprint density at radius 3 is 2.80 bits per heavy atom. The number of ether oxygens (including phenoxy) is 1. The number of hydrogen-bond donors (Lipinski definition) is 0. The molecule has 2 heterocycles. The minimum Gasteiger partial charge on any atom is -0.493 e. The molecule has 2 amide bonds. The van der Waals surface area contributed by atoms with Gasteiger partial charge in [0.05, 0.1) is 6.61 Å². The molecule has 0 fully saturated rings. The molecule has 30 heavy (non-hydrogen) atoms. The topological polar surface area (TPSA) is 45.1 Å². The van der Waals surface area contributed by atoms with E-state index in [-0.39, 0.29) is 22.6 Å². The largest absolute Gasteiger partial charge is 0.493 e. The van der Waals surface area contributed by atoms with Gasteiger partial charge in [-0.1, -0.05) is 43.3 Å². The van der Waals surface area contributed by atoms with Gasteiger partial charge in [0.15, 0.2) is 4.87 Å². The average molecular weight is 432 g/mol. The number of carbonyl (C=O) groups excluding carboxylic acids is 1. The molecule has 2 aromatic rings. The van der Waals surface area contributed by atoms with Crippen molar-refractivity contribution in [3.8, 4) is 5.75 Å². The fraction of sp³-hybridized carbons (Fsp3) is 0.364. The summed E-state index contributed by atoms with van der Waals surface area (Å²) in [6, 6.07) is 10.5. The zero-order valence-electron chi connectivity index (χ0n) is 17.1. The number of rotatable bonds is 3. The summed E-state index contributed by atoms with van der Waals surface area (Å²) < 4.78 is 34.5. The third kappa shape index (κ3) is 3.23. The molecule has 0 saturated heterocycles. The first-order chi connectivity index (χ1) is 14.4. The number of hydrazone groups is 1. The number of fused-ring (bicyclic) bond motifs is 2. The van der Waals surface area contributed by atoms with Crippen LogP contribution in [0.4, 0.5) is 13.6 Å². The molecular formula is C22H23F2N3O2S. The van der Waals surface area contributed by atoms with E-state index in [2.05, 4.69) is 12.0 Å². The average Bonchev–Trinajstić information content (AvgIpc) is 3.12. The molecule has 4 rings (SSSR count). The number of benzene rings is 2. The van der Waals surface area contributed by atoms with E-state index in [0.29, 0.717) is 12.4 Å². The van der Waals surface area contributed by atoms with Crippen LogP contribution in [0.2, 0.25) is 0 Å². The monoisotopic (exact) mass is 431 g/mol. The second-order valence-electron chi connectivity index (χ2n) is 7.61. The van der Waals surface area contributed by atoms with Crippen molar-refractivity contribution >= 4 is 22.8 Å². The van der Waals surface area contributed by atoms with E-state index in [1.54, 1.807) is 14.1 Å². The van der Waals surface area contributed by atoms with Crippen molar-refractivity contribution in [2.45, 2.75) is 24.6 Å². The maximum atomic E-state index is 14.6. The molecule has 8 heteroatoms. The third-order valence-corrected chi connectivity index (χ3v) is 6.92. The van der Waals surface area contributed by atoms with Crippen molar-refractivity contribution in [3.05, 3.63) is 65.2 Å². The minimum atomic E-state index is -0.902. The Bertz CT molecular complexity index is 1010. The van der Waals surface area contributed by atoms with E-state index in [9.17, 15) is 13.6 Å². The Balaban J connectivity index is 1.92. The summed E-state index contributed by atoms with van der Waals surface area (Å²) in [6.45, 7) is 2.48. The molecule has 0 unspecified atom stereocenters. The summed E-state index contributed by atoms with van der Waals surface area (Å²) in [5.41, 5.74) is 0.859. The van der Waals surface area contributed by atoms with Crippen LogP contribution in [0.25, 0.3) is 0 Å². The maximum absolute atomic E-state index is 14.6. The van der Waals surface area contributed by atoms with Crippen molar-refractivity contribution < 1.29 is 18.3 Å². The Morgan fingerprint density at radius 1 is 1.30 bits per heavy atom. The van der Waals surface area contributed by atoms with Crippen molar-refractivity contribution in [2.75, 3.05) is 20.7 Å². The number of hydrogen-bond acceptors (Lipinski definition) is 4. The van der Waals surface area contributed by atoms with Crippen molar-refractivity contribution in [2.24, 2.45) is 11.0 Å². The molecule has 0 aliphatic carbocycles. The first kappa shape index (κ1) is 20.7. The molecule has 5 nitrogen and oxygen atoms in total. The second-order valence-corrected chi connectivity index (χ2v) is 8.82. The highest BCUT2D eigenvalue weighted by Gasteiger charge is 2.57. The standard InChI is InChI=1S/C22H23F2N3O2S/c1-4-7-14-13-29-19-9-6-5-8-17(19)22(14)27(21(28)26(2)3)25-20(30-22)16-12-15(23)10-11-18(16)24/h5-6,8-12,14H,4,7,13H2,1-3H3/t14-,22+/m0/s1. The number of carbonyl (C=O) groups is 1. The van der Waals surface area contributed by atoms with Gasteiger partial charge >= 0.3 is 6.03 Å². The number of urea groups is 1. The Morgan fingerprint density at radius 2 is 2.07 bits per heavy atom. The summed E-state index contributed by atoms with van der Waals surface area (Å²) >= 11 is 1.30. The zero-order chi connectivity index (χ0) is 21.5. The van der Waals surface area contributed by atoms with Crippen LogP contribution in [-0.2, 0) is 4.87 Å². The van der Waals surface area contributed by atoms with Gasteiger partial charge in [0.2, 0.25) is 0 Å². The predicted molar refractivity (Wildman–Crippen MR) is 113 cm³/mol. The van der Waals surface area contributed by atoms with Crippen molar-refractivity contribution in [3.63, 3.8) is 0 Å². The van der Waals surface area contributed by atoms with E-state index in [0.717, 1.165) is 36.6 Å². The first-order valence-electron chi connectivity index (χ1n) is 9.85. The van der Waals surface area contributed by atoms with Crippen LogP contribution in [0, 0.1) is 17.6 Å². The van der Waals surface area contributed by atoms with Crippen molar-refractivity contribution in [1.29, 1.82) is 0 Å². The number of para-hydroxylation sites is 1. The predicted octanol–water partition coefficient (Wildman–Crippen LogP) is 5.02. The second kappa shape index (κ2) is 7.91. The highest BCUT2D eigenvalue weighted by molar-refractivity contribution is 8.15. The quantitative estimate of drug-likeness (QED) is 0.686. The van der Waals surface area contributed by atoms with E-state index in [1.807, 2.05) is 24.3 Å². The summed E-state index contributed by atoms with van der Waals surface area (Å²) in [5.74, 6) is -0.544. The van der Waals surface area contributed by atoms with Gasteiger partial charge in [0.1, 0.15) is 22.4 Å². The van der Waals surface area contributed by atoms with Gasteiger partial charge in [-0.3, -0.25) is 0 Å². The van der Waals surface area contributed by atoms with Crippen molar-refractivity contribution in [1.82, 2.24) is 9.91 Å². The van der Waals surface area contributed by atoms with Crippen LogP contribution in [0.5, 0.6) is 5.75 Å². The molecule has 0 N–H and O–H groups in total. The van der Waals surface area contributed by atoms with Gasteiger partial charge in [-0.15, -0.1) is 0 Å². The molecule has 2 aliphatic rings. The lowest BCUT2D eigenvalue weighted by Gasteiger charge is -2.45. The van der Waals surface area contributed by atoms with E-state index >= 15 is 0 Å².